The molecule has 0 aliphatic rings. The van der Waals surface area contributed by atoms with Crippen molar-refractivity contribution in [3.8, 4) is 0 Å². The SMILES string of the molecule is O=C(NC(Cc1ccccc1)C(=O)Nc1ccc(SC(F)F)cc1)c1ccccc1. The molecule has 7 heteroatoms. The van der Waals surface area contributed by atoms with E-state index in [1.807, 2.05) is 30.3 Å². The summed E-state index contributed by atoms with van der Waals surface area (Å²) in [5.41, 5.74) is 1.82. The lowest BCUT2D eigenvalue weighted by Gasteiger charge is -2.19. The Morgan fingerprint density at radius 1 is 0.833 bits per heavy atom. The third-order valence-electron chi connectivity index (χ3n) is 4.29. The second kappa shape index (κ2) is 10.5. The quantitative estimate of drug-likeness (QED) is 0.500. The fourth-order valence-electron chi connectivity index (χ4n) is 2.84. The molecule has 0 saturated heterocycles. The third-order valence-corrected chi connectivity index (χ3v) is 5.01. The van der Waals surface area contributed by atoms with Gasteiger partial charge in [-0.05, 0) is 42.0 Å². The lowest BCUT2D eigenvalue weighted by Crippen LogP contribution is -2.45. The lowest BCUT2D eigenvalue weighted by atomic mass is 10.0. The molecule has 0 spiro atoms. The van der Waals surface area contributed by atoms with E-state index >= 15 is 0 Å². The molecule has 0 radical (unpaired) electrons. The second-order valence-electron chi connectivity index (χ2n) is 6.47. The molecule has 2 amide bonds. The van der Waals surface area contributed by atoms with Gasteiger partial charge in [-0.2, -0.15) is 8.78 Å². The smallest absolute Gasteiger partial charge is 0.288 e. The maximum atomic E-state index is 12.9. The van der Waals surface area contributed by atoms with Crippen LogP contribution in [0.5, 0.6) is 0 Å². The summed E-state index contributed by atoms with van der Waals surface area (Å²) in [6.07, 6.45) is 0.310. The van der Waals surface area contributed by atoms with Gasteiger partial charge >= 0.3 is 0 Å². The van der Waals surface area contributed by atoms with E-state index in [2.05, 4.69) is 10.6 Å². The van der Waals surface area contributed by atoms with Gasteiger partial charge in [0.25, 0.3) is 11.7 Å². The summed E-state index contributed by atoms with van der Waals surface area (Å²) >= 11 is 0.437. The first-order valence-corrected chi connectivity index (χ1v) is 10.1. The summed E-state index contributed by atoms with van der Waals surface area (Å²) in [7, 11) is 0. The maximum absolute atomic E-state index is 12.9. The number of thioether (sulfide) groups is 1. The molecule has 0 aliphatic heterocycles. The van der Waals surface area contributed by atoms with E-state index in [0.717, 1.165) is 5.56 Å². The first-order valence-electron chi connectivity index (χ1n) is 9.27. The Morgan fingerprint density at radius 3 is 2.03 bits per heavy atom. The van der Waals surface area contributed by atoms with E-state index < -0.39 is 17.7 Å². The molecule has 1 atom stereocenters. The van der Waals surface area contributed by atoms with Crippen molar-refractivity contribution in [2.24, 2.45) is 0 Å². The molecule has 1 unspecified atom stereocenters. The number of alkyl halides is 2. The van der Waals surface area contributed by atoms with Gasteiger partial charge in [0.1, 0.15) is 6.04 Å². The zero-order chi connectivity index (χ0) is 21.3. The summed E-state index contributed by atoms with van der Waals surface area (Å²) < 4.78 is 24.9. The van der Waals surface area contributed by atoms with Crippen molar-refractivity contribution < 1.29 is 18.4 Å². The number of carbonyl (C=O) groups is 2. The van der Waals surface area contributed by atoms with E-state index in [-0.39, 0.29) is 5.91 Å². The van der Waals surface area contributed by atoms with Gasteiger partial charge in [-0.25, -0.2) is 0 Å². The molecule has 4 nitrogen and oxygen atoms in total. The molecule has 3 rings (SSSR count). The van der Waals surface area contributed by atoms with E-state index in [4.69, 9.17) is 0 Å². The van der Waals surface area contributed by atoms with Gasteiger partial charge in [0.2, 0.25) is 5.91 Å². The molecule has 154 valence electrons. The minimum absolute atomic E-state index is 0.310. The minimum Gasteiger partial charge on any atom is -0.340 e. The maximum Gasteiger partial charge on any atom is 0.288 e. The van der Waals surface area contributed by atoms with Crippen molar-refractivity contribution in [1.82, 2.24) is 5.32 Å². The monoisotopic (exact) mass is 426 g/mol. The molecule has 3 aromatic carbocycles. The van der Waals surface area contributed by atoms with Crippen LogP contribution in [0.4, 0.5) is 14.5 Å². The number of rotatable bonds is 8. The van der Waals surface area contributed by atoms with E-state index in [9.17, 15) is 18.4 Å². The van der Waals surface area contributed by atoms with Crippen LogP contribution < -0.4 is 10.6 Å². The van der Waals surface area contributed by atoms with Crippen molar-refractivity contribution in [3.05, 3.63) is 96.1 Å². The molecule has 0 heterocycles. The fraction of sp³-hybridized carbons (Fsp3) is 0.130. The number of hydrogen-bond donors (Lipinski definition) is 2. The van der Waals surface area contributed by atoms with E-state index in [1.165, 1.54) is 12.1 Å². The largest absolute Gasteiger partial charge is 0.340 e. The highest BCUT2D eigenvalue weighted by Crippen LogP contribution is 2.26. The fourth-order valence-corrected chi connectivity index (χ4v) is 3.34. The van der Waals surface area contributed by atoms with Crippen molar-refractivity contribution in [2.45, 2.75) is 23.1 Å². The summed E-state index contributed by atoms with van der Waals surface area (Å²) in [4.78, 5) is 25.9. The molecule has 2 N–H and O–H groups in total. The molecule has 3 aromatic rings. The first kappa shape index (κ1) is 21.5. The van der Waals surface area contributed by atoms with Crippen molar-refractivity contribution in [1.29, 1.82) is 0 Å². The number of halogens is 2. The van der Waals surface area contributed by atoms with Crippen molar-refractivity contribution >= 4 is 29.3 Å². The number of carbonyl (C=O) groups excluding carboxylic acids is 2. The number of amides is 2. The average molecular weight is 426 g/mol. The Bertz CT molecular complexity index is 968. The van der Waals surface area contributed by atoms with Crippen LogP contribution in [0.25, 0.3) is 0 Å². The minimum atomic E-state index is -2.51. The Labute approximate surface area is 177 Å². The highest BCUT2D eigenvalue weighted by atomic mass is 32.2. The molecule has 0 aliphatic carbocycles. The first-order chi connectivity index (χ1) is 14.5. The highest BCUT2D eigenvalue weighted by Gasteiger charge is 2.22. The van der Waals surface area contributed by atoms with Gasteiger partial charge in [-0.1, -0.05) is 60.3 Å². The molecular formula is C23H20F2N2O2S. The highest BCUT2D eigenvalue weighted by molar-refractivity contribution is 7.99. The van der Waals surface area contributed by atoms with Gasteiger partial charge < -0.3 is 10.6 Å². The Kier molecular flexibility index (Phi) is 7.57. The molecule has 0 aromatic heterocycles. The second-order valence-corrected chi connectivity index (χ2v) is 7.54. The summed E-state index contributed by atoms with van der Waals surface area (Å²) in [6.45, 7) is 0. The van der Waals surface area contributed by atoms with Crippen molar-refractivity contribution in [3.63, 3.8) is 0 Å². The summed E-state index contributed by atoms with van der Waals surface area (Å²) in [6, 6.07) is 23.3. The van der Waals surface area contributed by atoms with Crippen LogP contribution in [0.15, 0.2) is 89.8 Å². The van der Waals surface area contributed by atoms with Gasteiger partial charge in [-0.15, -0.1) is 0 Å². The Morgan fingerprint density at radius 2 is 1.43 bits per heavy atom. The average Bonchev–Trinajstić information content (AvgIpc) is 2.75. The molecule has 0 fully saturated rings. The third kappa shape index (κ3) is 6.42. The number of benzene rings is 3. The predicted octanol–water partition coefficient (Wildman–Crippen LogP) is 4.98. The van der Waals surface area contributed by atoms with Gasteiger partial charge in [0, 0.05) is 22.6 Å². The van der Waals surface area contributed by atoms with Crippen LogP contribution in [0.2, 0.25) is 0 Å². The molecule has 30 heavy (non-hydrogen) atoms. The predicted molar refractivity (Wildman–Crippen MR) is 115 cm³/mol. The standard InChI is InChI=1S/C23H20F2N2O2S/c24-23(25)30-19-13-11-18(12-14-19)26-22(29)20(15-16-7-3-1-4-8-16)27-21(28)17-9-5-2-6-10-17/h1-14,20,23H,15H2,(H,26,29)(H,27,28). The molecule has 0 saturated carbocycles. The van der Waals surface area contributed by atoms with Crippen LogP contribution in [0.1, 0.15) is 15.9 Å². The Hall–Kier alpha value is -3.19. The number of anilines is 1. The van der Waals surface area contributed by atoms with E-state index in [0.29, 0.717) is 34.3 Å². The van der Waals surface area contributed by atoms with Crippen LogP contribution in [0, 0.1) is 0 Å². The van der Waals surface area contributed by atoms with Crippen LogP contribution in [-0.4, -0.2) is 23.6 Å². The number of nitrogens with one attached hydrogen (secondary N) is 2. The van der Waals surface area contributed by atoms with Crippen LogP contribution >= 0.6 is 11.8 Å². The molecular weight excluding hydrogens is 406 g/mol. The summed E-state index contributed by atoms with van der Waals surface area (Å²) in [5, 5.41) is 5.53. The van der Waals surface area contributed by atoms with Gasteiger partial charge in [0.05, 0.1) is 0 Å². The van der Waals surface area contributed by atoms with Crippen LogP contribution in [-0.2, 0) is 11.2 Å². The number of hydrogen-bond acceptors (Lipinski definition) is 3. The lowest BCUT2D eigenvalue weighted by molar-refractivity contribution is -0.118. The zero-order valence-electron chi connectivity index (χ0n) is 15.9. The van der Waals surface area contributed by atoms with Gasteiger partial charge in [0.15, 0.2) is 0 Å². The Balaban J connectivity index is 1.73. The van der Waals surface area contributed by atoms with E-state index in [1.54, 1.807) is 42.5 Å². The zero-order valence-corrected chi connectivity index (χ0v) is 16.7. The normalized spacial score (nSPS) is 11.7. The van der Waals surface area contributed by atoms with Crippen molar-refractivity contribution in [2.75, 3.05) is 5.32 Å². The molecule has 0 bridgehead atoms. The van der Waals surface area contributed by atoms with Crippen LogP contribution in [0.3, 0.4) is 0 Å². The van der Waals surface area contributed by atoms with Gasteiger partial charge in [-0.3, -0.25) is 9.59 Å². The topological polar surface area (TPSA) is 58.2 Å². The summed E-state index contributed by atoms with van der Waals surface area (Å²) in [5.74, 6) is -3.25.